The van der Waals surface area contributed by atoms with Gasteiger partial charge in [-0.1, -0.05) is 12.1 Å². The molecule has 2 N–H and O–H groups in total. The van der Waals surface area contributed by atoms with E-state index in [0.29, 0.717) is 12.2 Å². The number of benzene rings is 2. The number of methoxy groups -OCH3 is 1. The van der Waals surface area contributed by atoms with Crippen LogP contribution in [0.2, 0.25) is 0 Å². The van der Waals surface area contributed by atoms with Crippen LogP contribution >= 0.6 is 0 Å². The van der Waals surface area contributed by atoms with Gasteiger partial charge in [-0.25, -0.2) is 9.18 Å². The van der Waals surface area contributed by atoms with E-state index in [1.54, 1.807) is 29.2 Å². The largest absolute Gasteiger partial charge is 0.508 e. The summed E-state index contributed by atoms with van der Waals surface area (Å²) in [6.45, 7) is 4.18. The summed E-state index contributed by atoms with van der Waals surface area (Å²) in [6.07, 6.45) is 0. The summed E-state index contributed by atoms with van der Waals surface area (Å²) >= 11 is 0. The molecular weight excluding hydrogens is 311 g/mol. The first-order valence-electron chi connectivity index (χ1n) is 7.66. The first-order valence-corrected chi connectivity index (χ1v) is 7.66. The van der Waals surface area contributed by atoms with Crippen molar-refractivity contribution in [2.75, 3.05) is 19.0 Å². The highest BCUT2D eigenvalue weighted by molar-refractivity contribution is 5.89. The van der Waals surface area contributed by atoms with Crippen LogP contribution in [0, 0.1) is 5.82 Å². The van der Waals surface area contributed by atoms with Crippen LogP contribution in [0.1, 0.15) is 25.5 Å². The molecule has 6 heteroatoms. The van der Waals surface area contributed by atoms with E-state index >= 15 is 0 Å². The number of aromatic hydroxyl groups is 1. The van der Waals surface area contributed by atoms with Gasteiger partial charge in [-0.15, -0.1) is 0 Å². The van der Waals surface area contributed by atoms with Gasteiger partial charge in [0.2, 0.25) is 0 Å². The maximum absolute atomic E-state index is 13.7. The Balaban J connectivity index is 2.15. The van der Waals surface area contributed by atoms with Gasteiger partial charge in [0.1, 0.15) is 5.75 Å². The molecule has 0 unspecified atom stereocenters. The predicted octanol–water partition coefficient (Wildman–Crippen LogP) is 4.15. The topological polar surface area (TPSA) is 61.8 Å². The average molecular weight is 332 g/mol. The van der Waals surface area contributed by atoms with Crippen LogP contribution in [0.3, 0.4) is 0 Å². The molecule has 2 amide bonds. The number of carbonyl (C=O) groups excluding carboxylic acids is 1. The lowest BCUT2D eigenvalue weighted by Gasteiger charge is -2.28. The normalized spacial score (nSPS) is 11.7. The Morgan fingerprint density at radius 2 is 2.08 bits per heavy atom. The highest BCUT2D eigenvalue weighted by atomic mass is 19.1. The molecule has 128 valence electrons. The number of ether oxygens (including phenoxy) is 1. The van der Waals surface area contributed by atoms with Gasteiger partial charge in [0, 0.05) is 18.3 Å². The fourth-order valence-electron chi connectivity index (χ4n) is 2.50. The minimum absolute atomic E-state index is 0.119. The molecule has 2 aromatic rings. The number of phenolic OH excluding ortho intramolecular Hbond substituents is 1. The highest BCUT2D eigenvalue weighted by Gasteiger charge is 2.20. The summed E-state index contributed by atoms with van der Waals surface area (Å²) in [5.41, 5.74) is 1.16. The number of nitrogens with zero attached hydrogens (tertiary/aromatic N) is 1. The first-order chi connectivity index (χ1) is 11.5. The van der Waals surface area contributed by atoms with Gasteiger partial charge in [0.05, 0.1) is 13.2 Å². The lowest BCUT2D eigenvalue weighted by molar-refractivity contribution is 0.197. The summed E-state index contributed by atoms with van der Waals surface area (Å²) in [4.78, 5) is 14.1. The number of hydrogen-bond donors (Lipinski definition) is 2. The second-order valence-electron chi connectivity index (χ2n) is 5.34. The number of anilines is 1. The third-order valence-electron chi connectivity index (χ3n) is 3.82. The molecule has 2 rings (SSSR count). The van der Waals surface area contributed by atoms with Crippen LogP contribution in [0.15, 0.2) is 42.5 Å². The number of phenols is 1. The molecule has 0 aliphatic carbocycles. The molecule has 0 bridgehead atoms. The maximum Gasteiger partial charge on any atom is 0.322 e. The second kappa shape index (κ2) is 7.68. The van der Waals surface area contributed by atoms with E-state index in [2.05, 4.69) is 5.32 Å². The smallest absolute Gasteiger partial charge is 0.322 e. The second-order valence-corrected chi connectivity index (χ2v) is 5.34. The maximum atomic E-state index is 13.7. The number of halogens is 1. The Bertz CT molecular complexity index is 721. The molecule has 0 spiro atoms. The number of nitrogens with one attached hydrogen (secondary N) is 1. The van der Waals surface area contributed by atoms with Crippen molar-refractivity contribution in [1.29, 1.82) is 0 Å². The minimum atomic E-state index is -0.542. The van der Waals surface area contributed by atoms with Crippen molar-refractivity contribution in [3.63, 3.8) is 0 Å². The predicted molar refractivity (Wildman–Crippen MR) is 90.9 cm³/mol. The number of hydrogen-bond acceptors (Lipinski definition) is 3. The molecular formula is C18H21FN2O3. The Morgan fingerprint density at radius 1 is 1.33 bits per heavy atom. The van der Waals surface area contributed by atoms with Crippen LogP contribution in [0.5, 0.6) is 11.5 Å². The Labute approximate surface area is 140 Å². The summed E-state index contributed by atoms with van der Waals surface area (Å²) in [7, 11) is 1.38. The van der Waals surface area contributed by atoms with Crippen molar-refractivity contribution in [1.82, 2.24) is 4.90 Å². The first kappa shape index (κ1) is 17.6. The van der Waals surface area contributed by atoms with Gasteiger partial charge < -0.3 is 20.1 Å². The fraction of sp³-hybridized carbons (Fsp3) is 0.278. The molecule has 2 aromatic carbocycles. The van der Waals surface area contributed by atoms with Crippen LogP contribution in [-0.4, -0.2) is 29.7 Å². The highest BCUT2D eigenvalue weighted by Crippen LogP contribution is 2.25. The number of rotatable bonds is 5. The Kier molecular flexibility index (Phi) is 5.63. The average Bonchev–Trinajstić information content (AvgIpc) is 2.55. The van der Waals surface area contributed by atoms with Crippen LogP contribution < -0.4 is 10.1 Å². The van der Waals surface area contributed by atoms with E-state index in [-0.39, 0.29) is 23.6 Å². The van der Waals surface area contributed by atoms with Crippen LogP contribution in [-0.2, 0) is 0 Å². The van der Waals surface area contributed by atoms with E-state index < -0.39 is 5.82 Å². The van der Waals surface area contributed by atoms with E-state index in [9.17, 15) is 14.3 Å². The van der Waals surface area contributed by atoms with Gasteiger partial charge in [-0.2, -0.15) is 0 Å². The molecule has 0 heterocycles. The van der Waals surface area contributed by atoms with Gasteiger partial charge in [0.25, 0.3) is 0 Å². The molecule has 0 aliphatic rings. The molecule has 0 saturated carbocycles. The van der Waals surface area contributed by atoms with Crippen molar-refractivity contribution < 1.29 is 19.0 Å². The van der Waals surface area contributed by atoms with E-state index in [1.165, 1.54) is 19.2 Å². The third kappa shape index (κ3) is 3.95. The number of amides is 2. The van der Waals surface area contributed by atoms with Gasteiger partial charge in [-0.05, 0) is 43.7 Å². The summed E-state index contributed by atoms with van der Waals surface area (Å²) in [5.74, 6) is -0.277. The molecule has 0 saturated heterocycles. The zero-order valence-corrected chi connectivity index (χ0v) is 13.9. The molecule has 0 aromatic heterocycles. The van der Waals surface area contributed by atoms with E-state index in [4.69, 9.17) is 4.74 Å². The zero-order chi connectivity index (χ0) is 17.7. The van der Waals surface area contributed by atoms with Crippen molar-refractivity contribution in [2.24, 2.45) is 0 Å². The molecule has 0 fully saturated rings. The zero-order valence-electron chi connectivity index (χ0n) is 13.9. The summed E-state index contributed by atoms with van der Waals surface area (Å²) in [6, 6.07) is 10.4. The quantitative estimate of drug-likeness (QED) is 0.864. The molecule has 5 nitrogen and oxygen atoms in total. The number of urea groups is 1. The van der Waals surface area contributed by atoms with Crippen LogP contribution in [0.4, 0.5) is 14.9 Å². The lowest BCUT2D eigenvalue weighted by atomic mass is 10.1. The van der Waals surface area contributed by atoms with E-state index in [1.807, 2.05) is 19.9 Å². The number of carbonyl (C=O) groups is 1. The standard InChI is InChI=1S/C18H21FN2O3/c1-4-21(12(2)13-6-5-7-15(22)10-13)18(23)20-14-8-9-17(24-3)16(19)11-14/h5-12,22H,4H2,1-3H3,(H,20,23)/t12-/m0/s1. The molecule has 1 atom stereocenters. The van der Waals surface area contributed by atoms with E-state index in [0.717, 1.165) is 5.56 Å². The van der Waals surface area contributed by atoms with Gasteiger partial charge in [0.15, 0.2) is 11.6 Å². The Hall–Kier alpha value is -2.76. The van der Waals surface area contributed by atoms with Crippen molar-refractivity contribution >= 4 is 11.7 Å². The SMILES string of the molecule is CCN(C(=O)Nc1ccc(OC)c(F)c1)[C@@H](C)c1cccc(O)c1. The third-order valence-corrected chi connectivity index (χ3v) is 3.82. The van der Waals surface area contributed by atoms with Gasteiger partial charge in [-0.3, -0.25) is 0 Å². The molecule has 24 heavy (non-hydrogen) atoms. The lowest BCUT2D eigenvalue weighted by Crippen LogP contribution is -2.36. The minimum Gasteiger partial charge on any atom is -0.508 e. The monoisotopic (exact) mass is 332 g/mol. The summed E-state index contributed by atoms with van der Waals surface area (Å²) in [5, 5.41) is 12.3. The fourth-order valence-corrected chi connectivity index (χ4v) is 2.50. The summed E-state index contributed by atoms with van der Waals surface area (Å²) < 4.78 is 18.6. The molecule has 0 aliphatic heterocycles. The Morgan fingerprint density at radius 3 is 2.67 bits per heavy atom. The van der Waals surface area contributed by atoms with Gasteiger partial charge >= 0.3 is 6.03 Å². The molecule has 0 radical (unpaired) electrons. The van der Waals surface area contributed by atoms with Crippen molar-refractivity contribution in [3.8, 4) is 11.5 Å². The van der Waals surface area contributed by atoms with Crippen LogP contribution in [0.25, 0.3) is 0 Å². The van der Waals surface area contributed by atoms with Crippen molar-refractivity contribution in [3.05, 3.63) is 53.8 Å². The van der Waals surface area contributed by atoms with Crippen molar-refractivity contribution in [2.45, 2.75) is 19.9 Å².